The second-order valence-corrected chi connectivity index (χ2v) is 4.33. The van der Waals surface area contributed by atoms with Crippen LogP contribution in [0, 0.1) is 23.7 Å². The zero-order valence-electron chi connectivity index (χ0n) is 8.08. The second-order valence-electron chi connectivity index (χ2n) is 4.33. The molecule has 0 bridgehead atoms. The standard InChI is InChI=1S/C10H18O2/c1-6(2)8-5-4-7(3)9(8)10(11)12/h6-9H,4-5H2,1-3H3,(H,11,12)/t7-,8?,9-/m0/s1. The van der Waals surface area contributed by atoms with Gasteiger partial charge in [-0.3, -0.25) is 4.79 Å². The van der Waals surface area contributed by atoms with Gasteiger partial charge in [0, 0.05) is 0 Å². The molecule has 0 heterocycles. The van der Waals surface area contributed by atoms with Crippen LogP contribution in [0.15, 0.2) is 0 Å². The van der Waals surface area contributed by atoms with Crippen molar-refractivity contribution in [2.75, 3.05) is 0 Å². The molecule has 1 unspecified atom stereocenters. The van der Waals surface area contributed by atoms with E-state index in [1.54, 1.807) is 0 Å². The minimum absolute atomic E-state index is 0.0926. The third-order valence-corrected chi connectivity index (χ3v) is 3.17. The minimum atomic E-state index is -0.598. The van der Waals surface area contributed by atoms with E-state index in [-0.39, 0.29) is 5.92 Å². The molecule has 70 valence electrons. The number of carboxylic acid groups (broad SMARTS) is 1. The van der Waals surface area contributed by atoms with Gasteiger partial charge >= 0.3 is 5.97 Å². The smallest absolute Gasteiger partial charge is 0.307 e. The van der Waals surface area contributed by atoms with Crippen molar-refractivity contribution >= 4 is 5.97 Å². The van der Waals surface area contributed by atoms with E-state index < -0.39 is 5.97 Å². The van der Waals surface area contributed by atoms with Crippen LogP contribution in [0.3, 0.4) is 0 Å². The van der Waals surface area contributed by atoms with E-state index in [2.05, 4.69) is 20.8 Å². The quantitative estimate of drug-likeness (QED) is 0.691. The molecule has 12 heavy (non-hydrogen) atoms. The molecule has 1 aliphatic carbocycles. The van der Waals surface area contributed by atoms with Gasteiger partial charge in [-0.25, -0.2) is 0 Å². The van der Waals surface area contributed by atoms with Crippen LogP contribution in [0.5, 0.6) is 0 Å². The summed E-state index contributed by atoms with van der Waals surface area (Å²) in [7, 11) is 0. The Bertz CT molecular complexity index is 175. The predicted molar refractivity (Wildman–Crippen MR) is 47.9 cm³/mol. The number of rotatable bonds is 2. The molecule has 0 aromatic heterocycles. The maximum atomic E-state index is 10.9. The molecule has 3 atom stereocenters. The number of hydrogen-bond donors (Lipinski definition) is 1. The molecule has 1 aliphatic rings. The average molecular weight is 170 g/mol. The summed E-state index contributed by atoms with van der Waals surface area (Å²) in [6.45, 7) is 6.30. The Kier molecular flexibility index (Phi) is 2.76. The molecule has 0 aromatic carbocycles. The Hall–Kier alpha value is -0.530. The summed E-state index contributed by atoms with van der Waals surface area (Å²) in [4.78, 5) is 10.9. The average Bonchev–Trinajstić information content (AvgIpc) is 2.30. The molecule has 0 aromatic rings. The molecular formula is C10H18O2. The van der Waals surface area contributed by atoms with E-state index in [4.69, 9.17) is 5.11 Å². The van der Waals surface area contributed by atoms with E-state index in [0.29, 0.717) is 17.8 Å². The van der Waals surface area contributed by atoms with Gasteiger partial charge in [0.05, 0.1) is 5.92 Å². The highest BCUT2D eigenvalue weighted by Gasteiger charge is 2.39. The molecule has 1 saturated carbocycles. The second kappa shape index (κ2) is 3.46. The van der Waals surface area contributed by atoms with Crippen molar-refractivity contribution in [1.82, 2.24) is 0 Å². The lowest BCUT2D eigenvalue weighted by Crippen LogP contribution is -2.26. The van der Waals surface area contributed by atoms with Gasteiger partial charge in [0.25, 0.3) is 0 Å². The highest BCUT2D eigenvalue weighted by Crippen LogP contribution is 2.40. The summed E-state index contributed by atoms with van der Waals surface area (Å²) in [6, 6.07) is 0. The SMILES string of the molecule is CC(C)C1CC[C@H](C)[C@@H]1C(=O)O. The summed E-state index contributed by atoms with van der Waals surface area (Å²) in [5.74, 6) is 0.590. The van der Waals surface area contributed by atoms with E-state index in [1.165, 1.54) is 0 Å². The van der Waals surface area contributed by atoms with Gasteiger partial charge in [0.15, 0.2) is 0 Å². The van der Waals surface area contributed by atoms with Crippen LogP contribution in [0.25, 0.3) is 0 Å². The Balaban J connectivity index is 2.70. The summed E-state index contributed by atoms with van der Waals surface area (Å²) in [5, 5.41) is 9.00. The lowest BCUT2D eigenvalue weighted by Gasteiger charge is -2.21. The first kappa shape index (κ1) is 9.56. The predicted octanol–water partition coefficient (Wildman–Crippen LogP) is 2.39. The number of carbonyl (C=O) groups is 1. The summed E-state index contributed by atoms with van der Waals surface area (Å²) in [6.07, 6.45) is 2.18. The third-order valence-electron chi connectivity index (χ3n) is 3.17. The number of carboxylic acids is 1. The highest BCUT2D eigenvalue weighted by atomic mass is 16.4. The Morgan fingerprint density at radius 1 is 1.42 bits per heavy atom. The van der Waals surface area contributed by atoms with E-state index >= 15 is 0 Å². The molecule has 0 aliphatic heterocycles. The van der Waals surface area contributed by atoms with Crippen molar-refractivity contribution < 1.29 is 9.90 Å². The van der Waals surface area contributed by atoms with Gasteiger partial charge < -0.3 is 5.11 Å². The molecule has 1 fully saturated rings. The van der Waals surface area contributed by atoms with E-state index in [1.807, 2.05) is 0 Å². The third kappa shape index (κ3) is 1.62. The lowest BCUT2D eigenvalue weighted by molar-refractivity contribution is -0.144. The fraction of sp³-hybridized carbons (Fsp3) is 0.900. The molecule has 0 radical (unpaired) electrons. The van der Waals surface area contributed by atoms with Crippen molar-refractivity contribution in [2.45, 2.75) is 33.6 Å². The minimum Gasteiger partial charge on any atom is -0.481 e. The first-order valence-corrected chi connectivity index (χ1v) is 4.76. The molecule has 1 N–H and O–H groups in total. The van der Waals surface area contributed by atoms with Crippen LogP contribution in [0.2, 0.25) is 0 Å². The van der Waals surface area contributed by atoms with E-state index in [0.717, 1.165) is 12.8 Å². The van der Waals surface area contributed by atoms with Crippen molar-refractivity contribution in [2.24, 2.45) is 23.7 Å². The fourth-order valence-electron chi connectivity index (χ4n) is 2.41. The van der Waals surface area contributed by atoms with Gasteiger partial charge in [0.2, 0.25) is 0 Å². The van der Waals surface area contributed by atoms with Gasteiger partial charge in [-0.1, -0.05) is 20.8 Å². The molecule has 2 nitrogen and oxygen atoms in total. The van der Waals surface area contributed by atoms with E-state index in [9.17, 15) is 4.79 Å². The molecule has 2 heteroatoms. The van der Waals surface area contributed by atoms with Crippen LogP contribution < -0.4 is 0 Å². The summed E-state index contributed by atoms with van der Waals surface area (Å²) in [5.41, 5.74) is 0. The van der Waals surface area contributed by atoms with Crippen molar-refractivity contribution in [1.29, 1.82) is 0 Å². The molecule has 1 rings (SSSR count). The molecule has 0 spiro atoms. The molecule has 0 amide bonds. The Labute approximate surface area is 74.0 Å². The van der Waals surface area contributed by atoms with Gasteiger partial charge in [0.1, 0.15) is 0 Å². The number of hydrogen-bond acceptors (Lipinski definition) is 1. The van der Waals surface area contributed by atoms with Crippen molar-refractivity contribution in [3.05, 3.63) is 0 Å². The Morgan fingerprint density at radius 3 is 2.33 bits per heavy atom. The monoisotopic (exact) mass is 170 g/mol. The molecular weight excluding hydrogens is 152 g/mol. The Morgan fingerprint density at radius 2 is 2.00 bits per heavy atom. The largest absolute Gasteiger partial charge is 0.481 e. The summed E-state index contributed by atoms with van der Waals surface area (Å²) < 4.78 is 0. The summed E-state index contributed by atoms with van der Waals surface area (Å²) >= 11 is 0. The first-order chi connectivity index (χ1) is 5.54. The van der Waals surface area contributed by atoms with Gasteiger partial charge in [-0.05, 0) is 30.6 Å². The highest BCUT2D eigenvalue weighted by molar-refractivity contribution is 5.71. The van der Waals surface area contributed by atoms with Crippen LogP contribution >= 0.6 is 0 Å². The van der Waals surface area contributed by atoms with Crippen LogP contribution in [0.4, 0.5) is 0 Å². The zero-order valence-corrected chi connectivity index (χ0v) is 8.08. The molecule has 0 saturated heterocycles. The normalized spacial score (nSPS) is 35.8. The van der Waals surface area contributed by atoms with Crippen molar-refractivity contribution in [3.8, 4) is 0 Å². The van der Waals surface area contributed by atoms with Crippen LogP contribution in [-0.2, 0) is 4.79 Å². The van der Waals surface area contributed by atoms with Gasteiger partial charge in [-0.15, -0.1) is 0 Å². The van der Waals surface area contributed by atoms with Crippen LogP contribution in [0.1, 0.15) is 33.6 Å². The van der Waals surface area contributed by atoms with Crippen LogP contribution in [-0.4, -0.2) is 11.1 Å². The maximum absolute atomic E-state index is 10.9. The fourth-order valence-corrected chi connectivity index (χ4v) is 2.41. The van der Waals surface area contributed by atoms with Gasteiger partial charge in [-0.2, -0.15) is 0 Å². The topological polar surface area (TPSA) is 37.3 Å². The first-order valence-electron chi connectivity index (χ1n) is 4.76. The zero-order chi connectivity index (χ0) is 9.30. The maximum Gasteiger partial charge on any atom is 0.307 e. The lowest BCUT2D eigenvalue weighted by atomic mass is 9.83. The van der Waals surface area contributed by atoms with Crippen molar-refractivity contribution in [3.63, 3.8) is 0 Å². The number of aliphatic carboxylic acids is 1.